The maximum atomic E-state index is 5.51. The predicted molar refractivity (Wildman–Crippen MR) is 69.3 cm³/mol. The second-order valence-electron chi connectivity index (χ2n) is 3.87. The zero-order chi connectivity index (χ0) is 11.0. The smallest absolute Gasteiger partial charge is 0.0563 e. The van der Waals surface area contributed by atoms with Crippen LogP contribution in [0.25, 0.3) is 21.5 Å². The van der Waals surface area contributed by atoms with Gasteiger partial charge < -0.3 is 5.43 Å². The summed E-state index contributed by atoms with van der Waals surface area (Å²) in [6.07, 6.45) is 0. The lowest BCUT2D eigenvalue weighted by Gasteiger charge is -2.07. The maximum absolute atomic E-state index is 5.51. The van der Waals surface area contributed by atoms with E-state index in [-0.39, 0.29) is 0 Å². The van der Waals surface area contributed by atoms with Gasteiger partial charge in [0.1, 0.15) is 0 Å². The van der Waals surface area contributed by atoms with Crippen LogP contribution in [0.3, 0.4) is 0 Å². The van der Waals surface area contributed by atoms with Crippen molar-refractivity contribution >= 4 is 27.2 Å². The van der Waals surface area contributed by atoms with Crippen molar-refractivity contribution in [1.82, 2.24) is 0 Å². The van der Waals surface area contributed by atoms with Crippen LogP contribution < -0.4 is 11.3 Å². The lowest BCUT2D eigenvalue weighted by Crippen LogP contribution is -2.06. The number of hydrogen-bond donors (Lipinski definition) is 2. The van der Waals surface area contributed by atoms with Crippen molar-refractivity contribution in [1.29, 1.82) is 0 Å². The standard InChI is InChI=1S/C14H12N2/c15-16-14-7-3-6-12-8-10-4-1-2-5-11(10)9-13(12)14/h1-9,16H,15H2. The first-order valence-electron chi connectivity index (χ1n) is 5.26. The Bertz CT molecular complexity index is 659. The van der Waals surface area contributed by atoms with Crippen molar-refractivity contribution in [2.45, 2.75) is 0 Å². The third-order valence-corrected chi connectivity index (χ3v) is 2.90. The van der Waals surface area contributed by atoms with E-state index in [2.05, 4.69) is 41.8 Å². The maximum Gasteiger partial charge on any atom is 0.0563 e. The quantitative estimate of drug-likeness (QED) is 0.366. The van der Waals surface area contributed by atoms with Gasteiger partial charge in [-0.15, -0.1) is 0 Å². The van der Waals surface area contributed by atoms with Crippen molar-refractivity contribution in [2.24, 2.45) is 5.84 Å². The number of hydrogen-bond acceptors (Lipinski definition) is 2. The second-order valence-corrected chi connectivity index (χ2v) is 3.87. The summed E-state index contributed by atoms with van der Waals surface area (Å²) >= 11 is 0. The topological polar surface area (TPSA) is 38.0 Å². The van der Waals surface area contributed by atoms with Crippen LogP contribution >= 0.6 is 0 Å². The average molecular weight is 208 g/mol. The van der Waals surface area contributed by atoms with Gasteiger partial charge in [0.15, 0.2) is 0 Å². The van der Waals surface area contributed by atoms with Crippen molar-refractivity contribution in [3.05, 3.63) is 54.6 Å². The van der Waals surface area contributed by atoms with E-state index in [1.165, 1.54) is 16.2 Å². The van der Waals surface area contributed by atoms with Gasteiger partial charge in [-0.25, -0.2) is 0 Å². The van der Waals surface area contributed by atoms with Gasteiger partial charge in [0.25, 0.3) is 0 Å². The molecule has 0 saturated heterocycles. The number of anilines is 1. The van der Waals surface area contributed by atoms with E-state index in [4.69, 9.17) is 5.84 Å². The van der Waals surface area contributed by atoms with E-state index >= 15 is 0 Å². The van der Waals surface area contributed by atoms with Gasteiger partial charge in [0.2, 0.25) is 0 Å². The number of nitrogens with two attached hydrogens (primary N) is 1. The first-order valence-corrected chi connectivity index (χ1v) is 5.26. The molecule has 2 nitrogen and oxygen atoms in total. The molecule has 0 amide bonds. The summed E-state index contributed by atoms with van der Waals surface area (Å²) in [5, 5.41) is 4.85. The first-order chi connectivity index (χ1) is 7.88. The Hall–Kier alpha value is -2.06. The molecular formula is C14H12N2. The molecule has 0 unspecified atom stereocenters. The normalized spacial score (nSPS) is 10.8. The molecule has 0 fully saturated rings. The van der Waals surface area contributed by atoms with E-state index in [1.54, 1.807) is 0 Å². The molecule has 0 radical (unpaired) electrons. The van der Waals surface area contributed by atoms with Crippen molar-refractivity contribution in [2.75, 3.05) is 5.43 Å². The second kappa shape index (κ2) is 3.51. The summed E-state index contributed by atoms with van der Waals surface area (Å²) in [7, 11) is 0. The van der Waals surface area contributed by atoms with Crippen LogP contribution in [0.4, 0.5) is 5.69 Å². The highest BCUT2D eigenvalue weighted by atomic mass is 15.2. The Balaban J connectivity index is 2.46. The summed E-state index contributed by atoms with van der Waals surface area (Å²) < 4.78 is 0. The van der Waals surface area contributed by atoms with Crippen LogP contribution in [0.2, 0.25) is 0 Å². The fourth-order valence-electron chi connectivity index (χ4n) is 2.09. The van der Waals surface area contributed by atoms with Gasteiger partial charge in [-0.05, 0) is 34.4 Å². The van der Waals surface area contributed by atoms with E-state index in [0.29, 0.717) is 0 Å². The Labute approximate surface area is 93.7 Å². The number of nitrogens with one attached hydrogen (secondary N) is 1. The van der Waals surface area contributed by atoms with Gasteiger partial charge in [0.05, 0.1) is 5.69 Å². The van der Waals surface area contributed by atoms with Crippen molar-refractivity contribution < 1.29 is 0 Å². The van der Waals surface area contributed by atoms with Crippen molar-refractivity contribution in [3.63, 3.8) is 0 Å². The van der Waals surface area contributed by atoms with Crippen LogP contribution in [0.15, 0.2) is 54.6 Å². The monoisotopic (exact) mass is 208 g/mol. The molecular weight excluding hydrogens is 196 g/mol. The Morgan fingerprint density at radius 1 is 0.750 bits per heavy atom. The van der Waals surface area contributed by atoms with Gasteiger partial charge >= 0.3 is 0 Å². The Morgan fingerprint density at radius 2 is 1.44 bits per heavy atom. The van der Waals surface area contributed by atoms with E-state index in [0.717, 1.165) is 11.1 Å². The number of benzene rings is 3. The predicted octanol–water partition coefficient (Wildman–Crippen LogP) is 3.28. The minimum atomic E-state index is 0.961. The van der Waals surface area contributed by atoms with E-state index in [9.17, 15) is 0 Å². The summed E-state index contributed by atoms with van der Waals surface area (Å²) in [6.45, 7) is 0. The molecule has 0 saturated carbocycles. The SMILES string of the molecule is NNc1cccc2cc3ccccc3cc12. The largest absolute Gasteiger partial charge is 0.324 e. The number of nitrogen functional groups attached to an aromatic ring is 1. The third-order valence-electron chi connectivity index (χ3n) is 2.90. The highest BCUT2D eigenvalue weighted by Crippen LogP contribution is 2.27. The minimum Gasteiger partial charge on any atom is -0.324 e. The van der Waals surface area contributed by atoms with Gasteiger partial charge in [-0.3, -0.25) is 5.84 Å². The number of rotatable bonds is 1. The Morgan fingerprint density at radius 3 is 2.19 bits per heavy atom. The number of hydrazine groups is 1. The van der Waals surface area contributed by atoms with Gasteiger partial charge in [-0.2, -0.15) is 0 Å². The molecule has 0 aliphatic heterocycles. The molecule has 0 spiro atoms. The van der Waals surface area contributed by atoms with Crippen molar-refractivity contribution in [3.8, 4) is 0 Å². The minimum absolute atomic E-state index is 0.961. The molecule has 0 heterocycles. The van der Waals surface area contributed by atoms with Crippen LogP contribution in [-0.2, 0) is 0 Å². The highest BCUT2D eigenvalue weighted by Gasteiger charge is 2.01. The first kappa shape index (κ1) is 9.19. The molecule has 3 N–H and O–H groups in total. The van der Waals surface area contributed by atoms with Crippen LogP contribution in [0.1, 0.15) is 0 Å². The summed E-state index contributed by atoms with van der Waals surface area (Å²) in [5.41, 5.74) is 3.70. The molecule has 0 aromatic heterocycles. The highest BCUT2D eigenvalue weighted by molar-refractivity contribution is 6.03. The third kappa shape index (κ3) is 1.32. The molecule has 2 heteroatoms. The molecule has 16 heavy (non-hydrogen) atoms. The van der Waals surface area contributed by atoms with Gasteiger partial charge in [0, 0.05) is 5.39 Å². The fourth-order valence-corrected chi connectivity index (χ4v) is 2.09. The molecule has 3 aromatic carbocycles. The zero-order valence-electron chi connectivity index (χ0n) is 8.77. The van der Waals surface area contributed by atoms with Gasteiger partial charge in [-0.1, -0.05) is 36.4 Å². The lowest BCUT2D eigenvalue weighted by atomic mass is 10.0. The van der Waals surface area contributed by atoms with E-state index in [1.807, 2.05) is 18.2 Å². The molecule has 0 aliphatic carbocycles. The molecule has 3 rings (SSSR count). The molecule has 3 aromatic rings. The van der Waals surface area contributed by atoms with E-state index < -0.39 is 0 Å². The molecule has 0 bridgehead atoms. The summed E-state index contributed by atoms with van der Waals surface area (Å²) in [4.78, 5) is 0. The van der Waals surface area contributed by atoms with Crippen LogP contribution in [-0.4, -0.2) is 0 Å². The van der Waals surface area contributed by atoms with Crippen LogP contribution in [0.5, 0.6) is 0 Å². The molecule has 0 aliphatic rings. The average Bonchev–Trinajstić information content (AvgIpc) is 2.35. The van der Waals surface area contributed by atoms with Crippen LogP contribution in [0, 0.1) is 0 Å². The lowest BCUT2D eigenvalue weighted by molar-refractivity contribution is 1.37. The summed E-state index contributed by atoms with van der Waals surface area (Å²) in [6, 6.07) is 18.8. The summed E-state index contributed by atoms with van der Waals surface area (Å²) in [5.74, 6) is 5.51. The molecule has 0 atom stereocenters. The zero-order valence-corrected chi connectivity index (χ0v) is 8.77. The Kier molecular flexibility index (Phi) is 2.01. The number of fused-ring (bicyclic) bond motifs is 2. The molecule has 78 valence electrons. The fraction of sp³-hybridized carbons (Fsp3) is 0.